The third-order valence-corrected chi connectivity index (χ3v) is 3.57. The SMILES string of the molecule is CN(C)c1nc(NCCc2cccc3c2OCO3)nc(N(C)C)n1. The first kappa shape index (κ1) is 16.1. The highest BCUT2D eigenvalue weighted by Crippen LogP contribution is 2.35. The summed E-state index contributed by atoms with van der Waals surface area (Å²) >= 11 is 0. The zero-order chi connectivity index (χ0) is 17.1. The van der Waals surface area contributed by atoms with Crippen molar-refractivity contribution < 1.29 is 9.47 Å². The minimum atomic E-state index is 0.283. The molecule has 2 heterocycles. The van der Waals surface area contributed by atoms with Crippen LogP contribution in [0.25, 0.3) is 0 Å². The molecule has 1 aromatic carbocycles. The second kappa shape index (κ2) is 6.77. The van der Waals surface area contributed by atoms with Gasteiger partial charge in [0.15, 0.2) is 11.5 Å². The molecule has 3 rings (SSSR count). The summed E-state index contributed by atoms with van der Waals surface area (Å²) in [6, 6.07) is 5.93. The van der Waals surface area contributed by atoms with Crippen molar-refractivity contribution in [2.45, 2.75) is 6.42 Å². The molecule has 128 valence electrons. The standard InChI is InChI=1S/C16H22N6O2/c1-21(2)15-18-14(19-16(20-15)22(3)4)17-9-8-11-6-5-7-12-13(11)24-10-23-12/h5-7H,8-10H2,1-4H3,(H,17,18,19,20). The molecule has 0 spiro atoms. The number of fused-ring (bicyclic) bond motifs is 1. The predicted molar refractivity (Wildman–Crippen MR) is 93.2 cm³/mol. The Morgan fingerprint density at radius 3 is 2.38 bits per heavy atom. The minimum absolute atomic E-state index is 0.283. The second-order valence-electron chi connectivity index (χ2n) is 5.88. The number of anilines is 3. The maximum Gasteiger partial charge on any atom is 0.231 e. The Labute approximate surface area is 141 Å². The molecule has 0 aliphatic carbocycles. The summed E-state index contributed by atoms with van der Waals surface area (Å²) in [5.74, 6) is 3.43. The molecule has 0 bridgehead atoms. The number of hydrogen-bond donors (Lipinski definition) is 1. The van der Waals surface area contributed by atoms with E-state index in [0.29, 0.717) is 24.4 Å². The average molecular weight is 330 g/mol. The Bertz CT molecular complexity index is 693. The first-order chi connectivity index (χ1) is 11.5. The van der Waals surface area contributed by atoms with Gasteiger partial charge in [0.2, 0.25) is 24.6 Å². The molecule has 0 saturated carbocycles. The van der Waals surface area contributed by atoms with E-state index in [4.69, 9.17) is 9.47 Å². The smallest absolute Gasteiger partial charge is 0.231 e. The number of aromatic nitrogens is 3. The third kappa shape index (κ3) is 3.42. The lowest BCUT2D eigenvalue weighted by Gasteiger charge is -2.16. The van der Waals surface area contributed by atoms with Gasteiger partial charge in [-0.15, -0.1) is 0 Å². The monoisotopic (exact) mass is 330 g/mol. The van der Waals surface area contributed by atoms with Crippen LogP contribution in [-0.2, 0) is 6.42 Å². The van der Waals surface area contributed by atoms with E-state index in [0.717, 1.165) is 23.5 Å². The number of ether oxygens (including phenoxy) is 2. The van der Waals surface area contributed by atoms with Crippen LogP contribution in [0.5, 0.6) is 11.5 Å². The van der Waals surface area contributed by atoms with Crippen LogP contribution < -0.4 is 24.6 Å². The predicted octanol–water partition coefficient (Wildman–Crippen LogP) is 1.39. The van der Waals surface area contributed by atoms with Crippen LogP contribution in [0.4, 0.5) is 17.8 Å². The summed E-state index contributed by atoms with van der Waals surface area (Å²) in [6.45, 7) is 0.967. The van der Waals surface area contributed by atoms with Crippen molar-refractivity contribution >= 4 is 17.8 Å². The van der Waals surface area contributed by atoms with E-state index in [2.05, 4.69) is 20.3 Å². The molecule has 0 amide bonds. The Hall–Kier alpha value is -2.77. The molecule has 1 aromatic heterocycles. The van der Waals surface area contributed by atoms with Crippen LogP contribution in [0.1, 0.15) is 5.56 Å². The molecule has 1 aliphatic heterocycles. The quantitative estimate of drug-likeness (QED) is 0.851. The molecule has 0 saturated heterocycles. The van der Waals surface area contributed by atoms with Crippen molar-refractivity contribution in [3.05, 3.63) is 23.8 Å². The van der Waals surface area contributed by atoms with Crippen LogP contribution in [0.15, 0.2) is 18.2 Å². The second-order valence-corrected chi connectivity index (χ2v) is 5.88. The highest BCUT2D eigenvalue weighted by atomic mass is 16.7. The fourth-order valence-electron chi connectivity index (χ4n) is 2.33. The zero-order valence-corrected chi connectivity index (χ0v) is 14.4. The molecule has 0 fully saturated rings. The molecular weight excluding hydrogens is 308 g/mol. The molecule has 0 unspecified atom stereocenters. The topological polar surface area (TPSA) is 75.6 Å². The van der Waals surface area contributed by atoms with Gasteiger partial charge in [-0.1, -0.05) is 12.1 Å². The van der Waals surface area contributed by atoms with Gasteiger partial charge in [0.1, 0.15) is 0 Å². The molecule has 0 atom stereocenters. The first-order valence-electron chi connectivity index (χ1n) is 7.76. The fraction of sp³-hybridized carbons (Fsp3) is 0.438. The lowest BCUT2D eigenvalue weighted by molar-refractivity contribution is 0.173. The molecule has 8 heteroatoms. The van der Waals surface area contributed by atoms with Gasteiger partial charge in [0.25, 0.3) is 0 Å². The van der Waals surface area contributed by atoms with Crippen molar-refractivity contribution in [1.82, 2.24) is 15.0 Å². The lowest BCUT2D eigenvalue weighted by Crippen LogP contribution is -2.20. The zero-order valence-electron chi connectivity index (χ0n) is 14.4. The maximum absolute atomic E-state index is 5.53. The molecule has 0 radical (unpaired) electrons. The van der Waals surface area contributed by atoms with Gasteiger partial charge >= 0.3 is 0 Å². The molecule has 8 nitrogen and oxygen atoms in total. The van der Waals surface area contributed by atoms with E-state index in [1.54, 1.807) is 0 Å². The minimum Gasteiger partial charge on any atom is -0.454 e. The van der Waals surface area contributed by atoms with Gasteiger partial charge in [-0.05, 0) is 18.1 Å². The van der Waals surface area contributed by atoms with Crippen molar-refractivity contribution in [1.29, 1.82) is 0 Å². The van der Waals surface area contributed by atoms with Crippen molar-refractivity contribution in [2.24, 2.45) is 0 Å². The summed E-state index contributed by atoms with van der Waals surface area (Å²) in [6.07, 6.45) is 0.785. The van der Waals surface area contributed by atoms with E-state index < -0.39 is 0 Å². The van der Waals surface area contributed by atoms with E-state index in [1.165, 1.54) is 0 Å². The van der Waals surface area contributed by atoms with Gasteiger partial charge in [-0.2, -0.15) is 15.0 Å². The highest BCUT2D eigenvalue weighted by molar-refractivity contribution is 5.49. The molecule has 1 N–H and O–H groups in total. The number of nitrogens with one attached hydrogen (secondary N) is 1. The average Bonchev–Trinajstić information content (AvgIpc) is 3.04. The Morgan fingerprint density at radius 2 is 1.71 bits per heavy atom. The van der Waals surface area contributed by atoms with E-state index in [9.17, 15) is 0 Å². The van der Waals surface area contributed by atoms with E-state index in [-0.39, 0.29) is 6.79 Å². The van der Waals surface area contributed by atoms with Crippen molar-refractivity contribution in [2.75, 3.05) is 56.6 Å². The van der Waals surface area contributed by atoms with E-state index >= 15 is 0 Å². The normalized spacial score (nSPS) is 12.2. The van der Waals surface area contributed by atoms with Crippen molar-refractivity contribution in [3.63, 3.8) is 0 Å². The molecule has 2 aromatic rings. The lowest BCUT2D eigenvalue weighted by atomic mass is 10.1. The van der Waals surface area contributed by atoms with Crippen LogP contribution >= 0.6 is 0 Å². The maximum atomic E-state index is 5.53. The largest absolute Gasteiger partial charge is 0.454 e. The van der Waals surface area contributed by atoms with Crippen LogP contribution in [0.3, 0.4) is 0 Å². The van der Waals surface area contributed by atoms with Gasteiger partial charge in [-0.25, -0.2) is 0 Å². The number of benzene rings is 1. The van der Waals surface area contributed by atoms with Gasteiger partial charge in [-0.3, -0.25) is 0 Å². The highest BCUT2D eigenvalue weighted by Gasteiger charge is 2.17. The summed E-state index contributed by atoms with van der Waals surface area (Å²) in [5.41, 5.74) is 1.10. The summed E-state index contributed by atoms with van der Waals surface area (Å²) < 4.78 is 10.9. The number of rotatable bonds is 6. The Morgan fingerprint density at radius 1 is 1.00 bits per heavy atom. The first-order valence-corrected chi connectivity index (χ1v) is 7.76. The summed E-state index contributed by atoms with van der Waals surface area (Å²) in [4.78, 5) is 17.0. The molecule has 24 heavy (non-hydrogen) atoms. The van der Waals surface area contributed by atoms with Crippen LogP contribution in [0.2, 0.25) is 0 Å². The summed E-state index contributed by atoms with van der Waals surface area (Å²) in [5, 5.41) is 3.26. The van der Waals surface area contributed by atoms with Crippen LogP contribution in [-0.4, -0.2) is 56.5 Å². The summed E-state index contributed by atoms with van der Waals surface area (Å²) in [7, 11) is 7.62. The third-order valence-electron chi connectivity index (χ3n) is 3.57. The Balaban J connectivity index is 1.70. The van der Waals surface area contributed by atoms with Gasteiger partial charge < -0.3 is 24.6 Å². The fourth-order valence-corrected chi connectivity index (χ4v) is 2.33. The van der Waals surface area contributed by atoms with Gasteiger partial charge in [0, 0.05) is 34.7 Å². The van der Waals surface area contributed by atoms with Crippen LogP contribution in [0, 0.1) is 0 Å². The Kier molecular flexibility index (Phi) is 4.54. The number of hydrogen-bond acceptors (Lipinski definition) is 8. The van der Waals surface area contributed by atoms with E-state index in [1.807, 2.05) is 56.2 Å². The number of nitrogens with zero attached hydrogens (tertiary/aromatic N) is 5. The number of para-hydroxylation sites is 1. The van der Waals surface area contributed by atoms with Crippen molar-refractivity contribution in [3.8, 4) is 11.5 Å². The molecular formula is C16H22N6O2. The van der Waals surface area contributed by atoms with Gasteiger partial charge in [0.05, 0.1) is 0 Å². The molecule has 1 aliphatic rings.